The number of carbonyl (C=O) groups excluding carboxylic acids is 1. The van der Waals surface area contributed by atoms with Crippen LogP contribution in [0.3, 0.4) is 0 Å². The summed E-state index contributed by atoms with van der Waals surface area (Å²) in [5.74, 6) is 1.41. The molecule has 0 unspecified atom stereocenters. The van der Waals surface area contributed by atoms with Crippen molar-refractivity contribution in [1.29, 1.82) is 0 Å². The maximum Gasteiger partial charge on any atom is 0.224 e. The summed E-state index contributed by atoms with van der Waals surface area (Å²) in [5, 5.41) is 3.71. The van der Waals surface area contributed by atoms with Crippen molar-refractivity contribution in [2.45, 2.75) is 20.3 Å². The number of benzene rings is 2. The Bertz CT molecular complexity index is 983. The van der Waals surface area contributed by atoms with Gasteiger partial charge in [0.1, 0.15) is 0 Å². The second-order valence-electron chi connectivity index (χ2n) is 6.32. The maximum absolute atomic E-state index is 11.6. The number of nitrogens with zero attached hydrogens (tertiary/aromatic N) is 1. The minimum absolute atomic E-state index is 0.00179. The average Bonchev–Trinajstić information content (AvgIpc) is 2.68. The summed E-state index contributed by atoms with van der Waals surface area (Å²) in [7, 11) is 3.28. The summed E-state index contributed by atoms with van der Waals surface area (Å²) in [6.07, 6.45) is 0.365. The molecule has 0 aliphatic heterocycles. The molecule has 0 bridgehead atoms. The summed E-state index contributed by atoms with van der Waals surface area (Å²) < 4.78 is 11.0. The first-order valence-corrected chi connectivity index (χ1v) is 8.97. The molecule has 27 heavy (non-hydrogen) atoms. The quantitative estimate of drug-likeness (QED) is 0.720. The van der Waals surface area contributed by atoms with Crippen LogP contribution in [0, 0.1) is 6.92 Å². The molecule has 0 aliphatic carbocycles. The number of pyridine rings is 1. The standard InChI is InChI=1S/C22H24N2O3/c1-5-27-20-9-7-16(13-21(20)26-4)19-10-14(2)17-11-15(12-22(25)23-3)6-8-18(17)24-19/h6-11,13H,5,12H2,1-4H3,(H,23,25). The highest BCUT2D eigenvalue weighted by Gasteiger charge is 2.11. The van der Waals surface area contributed by atoms with Crippen LogP contribution in [0.25, 0.3) is 22.2 Å². The van der Waals surface area contributed by atoms with Crippen molar-refractivity contribution in [1.82, 2.24) is 10.3 Å². The first-order valence-electron chi connectivity index (χ1n) is 8.97. The van der Waals surface area contributed by atoms with E-state index in [9.17, 15) is 4.79 Å². The lowest BCUT2D eigenvalue weighted by Gasteiger charge is -2.12. The first kappa shape index (κ1) is 18.7. The van der Waals surface area contributed by atoms with Crippen LogP contribution in [0.2, 0.25) is 0 Å². The van der Waals surface area contributed by atoms with Crippen LogP contribution in [0.1, 0.15) is 18.1 Å². The molecule has 0 atom stereocenters. The predicted octanol–water partition coefficient (Wildman–Crippen LogP) is 3.91. The molecule has 0 saturated carbocycles. The number of methoxy groups -OCH3 is 1. The largest absolute Gasteiger partial charge is 0.493 e. The number of likely N-dealkylation sites (N-methyl/N-ethyl adjacent to an activating group) is 1. The predicted molar refractivity (Wildman–Crippen MR) is 107 cm³/mol. The molecule has 1 amide bonds. The fourth-order valence-corrected chi connectivity index (χ4v) is 3.07. The van der Waals surface area contributed by atoms with Crippen LogP contribution >= 0.6 is 0 Å². The van der Waals surface area contributed by atoms with Gasteiger partial charge in [-0.2, -0.15) is 0 Å². The third kappa shape index (κ3) is 4.03. The molecular weight excluding hydrogens is 340 g/mol. The zero-order chi connectivity index (χ0) is 19.4. The van der Waals surface area contributed by atoms with E-state index >= 15 is 0 Å². The normalized spacial score (nSPS) is 10.7. The highest BCUT2D eigenvalue weighted by Crippen LogP contribution is 2.33. The van der Waals surface area contributed by atoms with Crippen LogP contribution in [0.15, 0.2) is 42.5 Å². The second kappa shape index (κ2) is 8.08. The van der Waals surface area contributed by atoms with Crippen molar-refractivity contribution in [2.24, 2.45) is 0 Å². The van der Waals surface area contributed by atoms with Gasteiger partial charge >= 0.3 is 0 Å². The van der Waals surface area contributed by atoms with Gasteiger partial charge in [-0.1, -0.05) is 6.07 Å². The van der Waals surface area contributed by atoms with E-state index in [1.807, 2.05) is 43.3 Å². The topological polar surface area (TPSA) is 60.5 Å². The maximum atomic E-state index is 11.6. The molecule has 1 N–H and O–H groups in total. The summed E-state index contributed by atoms with van der Waals surface area (Å²) in [5.41, 5.74) is 4.83. The van der Waals surface area contributed by atoms with Gasteiger partial charge in [0.25, 0.3) is 0 Å². The fourth-order valence-electron chi connectivity index (χ4n) is 3.07. The van der Waals surface area contributed by atoms with Gasteiger partial charge in [0.2, 0.25) is 5.91 Å². The zero-order valence-corrected chi connectivity index (χ0v) is 16.1. The van der Waals surface area contributed by atoms with Gasteiger partial charge < -0.3 is 14.8 Å². The van der Waals surface area contributed by atoms with Crippen molar-refractivity contribution < 1.29 is 14.3 Å². The zero-order valence-electron chi connectivity index (χ0n) is 16.1. The van der Waals surface area contributed by atoms with Gasteiger partial charge in [-0.25, -0.2) is 4.98 Å². The van der Waals surface area contributed by atoms with Gasteiger partial charge in [-0.3, -0.25) is 4.79 Å². The molecule has 140 valence electrons. The van der Waals surface area contributed by atoms with E-state index in [2.05, 4.69) is 18.3 Å². The molecule has 3 aromatic rings. The van der Waals surface area contributed by atoms with Crippen LogP contribution in [-0.2, 0) is 11.2 Å². The lowest BCUT2D eigenvalue weighted by atomic mass is 10.0. The van der Waals surface area contributed by atoms with E-state index in [1.165, 1.54) is 0 Å². The molecule has 3 rings (SSSR count). The third-order valence-electron chi connectivity index (χ3n) is 4.48. The van der Waals surface area contributed by atoms with Crippen LogP contribution in [0.5, 0.6) is 11.5 Å². The molecule has 5 heteroatoms. The number of ether oxygens (including phenoxy) is 2. The smallest absolute Gasteiger partial charge is 0.224 e. The van der Waals surface area contributed by atoms with Gasteiger partial charge in [0.05, 0.1) is 31.3 Å². The van der Waals surface area contributed by atoms with Crippen molar-refractivity contribution in [3.05, 3.63) is 53.6 Å². The molecular formula is C22H24N2O3. The molecule has 5 nitrogen and oxygen atoms in total. The van der Waals surface area contributed by atoms with Crippen molar-refractivity contribution in [3.8, 4) is 22.8 Å². The first-order chi connectivity index (χ1) is 13.0. The summed E-state index contributed by atoms with van der Waals surface area (Å²) in [6.45, 7) is 4.59. The Labute approximate surface area is 159 Å². The number of aromatic nitrogens is 1. The van der Waals surface area contributed by atoms with E-state index < -0.39 is 0 Å². The average molecular weight is 364 g/mol. The number of amides is 1. The molecule has 2 aromatic carbocycles. The highest BCUT2D eigenvalue weighted by molar-refractivity contribution is 5.87. The van der Waals surface area contributed by atoms with Crippen LogP contribution in [-0.4, -0.2) is 31.7 Å². The minimum Gasteiger partial charge on any atom is -0.493 e. The second-order valence-corrected chi connectivity index (χ2v) is 6.32. The van der Waals surface area contributed by atoms with Gasteiger partial charge in [0.15, 0.2) is 11.5 Å². The number of fused-ring (bicyclic) bond motifs is 1. The lowest BCUT2D eigenvalue weighted by Crippen LogP contribution is -2.19. The fraction of sp³-hybridized carbons (Fsp3) is 0.273. The molecule has 0 fully saturated rings. The molecule has 0 aliphatic rings. The Hall–Kier alpha value is -3.08. The van der Waals surface area contributed by atoms with E-state index in [0.717, 1.165) is 39.0 Å². The summed E-state index contributed by atoms with van der Waals surface area (Å²) >= 11 is 0. The number of hydrogen-bond donors (Lipinski definition) is 1. The van der Waals surface area contributed by atoms with E-state index in [4.69, 9.17) is 14.5 Å². The Morgan fingerprint density at radius 3 is 2.63 bits per heavy atom. The van der Waals surface area contributed by atoms with Crippen molar-refractivity contribution >= 4 is 16.8 Å². The minimum atomic E-state index is -0.00179. The number of hydrogen-bond acceptors (Lipinski definition) is 4. The van der Waals surface area contributed by atoms with E-state index in [1.54, 1.807) is 14.2 Å². The van der Waals surface area contributed by atoms with Crippen LogP contribution in [0.4, 0.5) is 0 Å². The van der Waals surface area contributed by atoms with Gasteiger partial charge in [0, 0.05) is 18.0 Å². The number of rotatable bonds is 6. The lowest BCUT2D eigenvalue weighted by molar-refractivity contribution is -0.119. The number of aryl methyl sites for hydroxylation is 1. The van der Waals surface area contributed by atoms with Crippen molar-refractivity contribution in [3.63, 3.8) is 0 Å². The van der Waals surface area contributed by atoms with Gasteiger partial charge in [-0.15, -0.1) is 0 Å². The number of nitrogens with one attached hydrogen (secondary N) is 1. The molecule has 0 radical (unpaired) electrons. The molecule has 0 saturated heterocycles. The molecule has 0 spiro atoms. The number of carbonyl (C=O) groups is 1. The highest BCUT2D eigenvalue weighted by atomic mass is 16.5. The SMILES string of the molecule is CCOc1ccc(-c2cc(C)c3cc(CC(=O)NC)ccc3n2)cc1OC. The Morgan fingerprint density at radius 1 is 1.11 bits per heavy atom. The summed E-state index contributed by atoms with van der Waals surface area (Å²) in [4.78, 5) is 16.4. The van der Waals surface area contributed by atoms with E-state index in [-0.39, 0.29) is 5.91 Å². The van der Waals surface area contributed by atoms with Crippen LogP contribution < -0.4 is 14.8 Å². The third-order valence-corrected chi connectivity index (χ3v) is 4.48. The van der Waals surface area contributed by atoms with Gasteiger partial charge in [-0.05, 0) is 61.4 Å². The van der Waals surface area contributed by atoms with Crippen molar-refractivity contribution in [2.75, 3.05) is 20.8 Å². The molecule has 1 heterocycles. The molecule has 1 aromatic heterocycles. The van der Waals surface area contributed by atoms with E-state index in [0.29, 0.717) is 18.8 Å². The Kier molecular flexibility index (Phi) is 5.60. The monoisotopic (exact) mass is 364 g/mol. The summed E-state index contributed by atoms with van der Waals surface area (Å²) in [6, 6.07) is 13.9. The Morgan fingerprint density at radius 2 is 1.93 bits per heavy atom. The Balaban J connectivity index is 2.01.